The summed E-state index contributed by atoms with van der Waals surface area (Å²) in [5, 5.41) is 8.41. The van der Waals surface area contributed by atoms with Gasteiger partial charge in [-0.2, -0.15) is 15.0 Å². The van der Waals surface area contributed by atoms with Crippen molar-refractivity contribution < 1.29 is 9.02 Å². The predicted octanol–water partition coefficient (Wildman–Crippen LogP) is 1.46. The lowest BCUT2D eigenvalue weighted by Crippen LogP contribution is -2.25. The fourth-order valence-corrected chi connectivity index (χ4v) is 1.79. The van der Waals surface area contributed by atoms with Crippen LogP contribution in [0.1, 0.15) is 26.5 Å². The summed E-state index contributed by atoms with van der Waals surface area (Å²) < 4.78 is 6.16. The van der Waals surface area contributed by atoms with Crippen molar-refractivity contribution in [1.29, 1.82) is 0 Å². The van der Waals surface area contributed by atoms with Crippen molar-refractivity contribution in [2.75, 3.05) is 19.1 Å². The van der Waals surface area contributed by atoms with E-state index in [4.69, 9.17) is 10.1 Å². The van der Waals surface area contributed by atoms with E-state index in [1.165, 1.54) is 0 Å². The third kappa shape index (κ3) is 4.24. The number of aromatic nitrogens is 3. The van der Waals surface area contributed by atoms with E-state index in [0.29, 0.717) is 19.8 Å². The molecule has 0 atom stereocenters. The quantitative estimate of drug-likeness (QED) is 0.796. The number of rotatable bonds is 6. The van der Waals surface area contributed by atoms with E-state index >= 15 is 0 Å². The second kappa shape index (κ2) is 6.01. The van der Waals surface area contributed by atoms with Crippen LogP contribution < -0.4 is 5.90 Å². The van der Waals surface area contributed by atoms with Gasteiger partial charge in [0.1, 0.15) is 12.3 Å². The van der Waals surface area contributed by atoms with Crippen molar-refractivity contribution >= 4 is 10.3 Å². The molecule has 1 aromatic heterocycles. The van der Waals surface area contributed by atoms with Gasteiger partial charge < -0.3 is 9.02 Å². The SMILES string of the molecule is CC(C)(C)S(C)(C)OCc1cnn(CCON)n1. The summed E-state index contributed by atoms with van der Waals surface area (Å²) >= 11 is 0. The van der Waals surface area contributed by atoms with E-state index in [2.05, 4.69) is 48.3 Å². The zero-order chi connectivity index (χ0) is 13.8. The van der Waals surface area contributed by atoms with Crippen molar-refractivity contribution in [3.63, 3.8) is 0 Å². The topological polar surface area (TPSA) is 75.2 Å². The second-order valence-corrected chi connectivity index (χ2v) is 9.34. The van der Waals surface area contributed by atoms with Gasteiger partial charge in [0.15, 0.2) is 0 Å². The predicted molar refractivity (Wildman–Crippen MR) is 74.1 cm³/mol. The van der Waals surface area contributed by atoms with Gasteiger partial charge in [-0.3, -0.25) is 0 Å². The first-order chi connectivity index (χ1) is 8.26. The van der Waals surface area contributed by atoms with E-state index in [9.17, 15) is 0 Å². The molecule has 0 saturated heterocycles. The maximum absolute atomic E-state index is 6.01. The molecule has 18 heavy (non-hydrogen) atoms. The maximum atomic E-state index is 6.01. The first-order valence-electron chi connectivity index (χ1n) is 5.84. The highest BCUT2D eigenvalue weighted by Gasteiger charge is 2.28. The van der Waals surface area contributed by atoms with Crippen LogP contribution in [0.4, 0.5) is 0 Å². The molecule has 0 aliphatic heterocycles. The molecule has 1 aromatic rings. The van der Waals surface area contributed by atoms with Crippen LogP contribution in [-0.2, 0) is 22.2 Å². The number of hydrogen-bond acceptors (Lipinski definition) is 5. The summed E-state index contributed by atoms with van der Waals surface area (Å²) in [6, 6.07) is 0. The minimum atomic E-state index is -1.13. The van der Waals surface area contributed by atoms with Gasteiger partial charge >= 0.3 is 0 Å². The third-order valence-corrected chi connectivity index (χ3v) is 6.63. The van der Waals surface area contributed by atoms with Gasteiger partial charge in [0.2, 0.25) is 0 Å². The Kier molecular flexibility index (Phi) is 5.15. The lowest BCUT2D eigenvalue weighted by atomic mass is 10.3. The highest BCUT2D eigenvalue weighted by Crippen LogP contribution is 2.54. The van der Waals surface area contributed by atoms with Crippen LogP contribution in [0.25, 0.3) is 0 Å². The Morgan fingerprint density at radius 1 is 1.39 bits per heavy atom. The smallest absolute Gasteiger partial charge is 0.110 e. The van der Waals surface area contributed by atoms with Crippen molar-refractivity contribution in [3.8, 4) is 0 Å². The summed E-state index contributed by atoms with van der Waals surface area (Å²) in [7, 11) is -1.13. The standard InChI is InChI=1S/C11H24N4O2S/c1-11(2,3)18(4,5)17-9-10-8-13-15(14-10)6-7-16-12/h8H,6-7,9,12H2,1-5H3. The number of hydrogen-bond donors (Lipinski definition) is 1. The van der Waals surface area contributed by atoms with Gasteiger partial charge in [-0.25, -0.2) is 5.90 Å². The van der Waals surface area contributed by atoms with Crippen LogP contribution >= 0.6 is 10.3 Å². The van der Waals surface area contributed by atoms with E-state index < -0.39 is 10.3 Å². The highest BCUT2D eigenvalue weighted by atomic mass is 32.3. The van der Waals surface area contributed by atoms with Gasteiger partial charge in [0.05, 0.1) is 19.3 Å². The van der Waals surface area contributed by atoms with Crippen molar-refractivity contribution in [2.45, 2.75) is 38.7 Å². The minimum absolute atomic E-state index is 0.149. The Morgan fingerprint density at radius 3 is 2.61 bits per heavy atom. The molecule has 106 valence electrons. The van der Waals surface area contributed by atoms with E-state index in [1.807, 2.05) is 0 Å². The van der Waals surface area contributed by atoms with Gasteiger partial charge in [-0.15, -0.1) is 10.3 Å². The number of nitrogens with two attached hydrogens (primary N) is 1. The Bertz CT molecular complexity index is 373. The zero-order valence-corrected chi connectivity index (χ0v) is 12.7. The van der Waals surface area contributed by atoms with Crippen molar-refractivity contribution in [1.82, 2.24) is 15.0 Å². The molecule has 0 aliphatic rings. The average Bonchev–Trinajstić information content (AvgIpc) is 2.70. The Morgan fingerprint density at radius 2 is 2.06 bits per heavy atom. The summed E-state index contributed by atoms with van der Waals surface area (Å²) in [6.07, 6.45) is 6.05. The fraction of sp³-hybridized carbons (Fsp3) is 0.818. The molecule has 1 rings (SSSR count). The summed E-state index contributed by atoms with van der Waals surface area (Å²) in [6.45, 7) is 8.01. The molecule has 0 amide bonds. The van der Waals surface area contributed by atoms with Gasteiger partial charge in [0.25, 0.3) is 0 Å². The Labute approximate surface area is 110 Å². The van der Waals surface area contributed by atoms with Crippen LogP contribution in [0.5, 0.6) is 0 Å². The van der Waals surface area contributed by atoms with E-state index in [-0.39, 0.29) is 4.75 Å². The highest BCUT2D eigenvalue weighted by molar-refractivity contribution is 8.29. The Hall–Kier alpha value is -0.630. The molecule has 6 nitrogen and oxygen atoms in total. The van der Waals surface area contributed by atoms with Crippen LogP contribution in [0.3, 0.4) is 0 Å². The molecule has 0 bridgehead atoms. The molecule has 0 aromatic carbocycles. The Balaban J connectivity index is 2.51. The largest absolute Gasteiger partial charge is 0.330 e. The second-order valence-electron chi connectivity index (χ2n) is 5.41. The van der Waals surface area contributed by atoms with E-state index in [1.54, 1.807) is 11.0 Å². The lowest BCUT2D eigenvalue weighted by Gasteiger charge is -2.43. The van der Waals surface area contributed by atoms with Gasteiger partial charge in [-0.1, -0.05) is 20.8 Å². The summed E-state index contributed by atoms with van der Waals surface area (Å²) in [4.78, 5) is 6.05. The first kappa shape index (κ1) is 15.4. The molecule has 0 aliphatic carbocycles. The zero-order valence-electron chi connectivity index (χ0n) is 11.8. The monoisotopic (exact) mass is 276 g/mol. The molecule has 0 radical (unpaired) electrons. The van der Waals surface area contributed by atoms with Gasteiger partial charge in [0, 0.05) is 4.75 Å². The maximum Gasteiger partial charge on any atom is 0.110 e. The lowest BCUT2D eigenvalue weighted by molar-refractivity contribution is 0.123. The molecule has 0 fully saturated rings. The van der Waals surface area contributed by atoms with Crippen molar-refractivity contribution in [3.05, 3.63) is 11.9 Å². The molecule has 0 unspecified atom stereocenters. The molecule has 1 heterocycles. The minimum Gasteiger partial charge on any atom is -0.330 e. The fourth-order valence-electron chi connectivity index (χ4n) is 1.03. The average molecular weight is 276 g/mol. The molecule has 7 heteroatoms. The normalized spacial score (nSPS) is 13.9. The van der Waals surface area contributed by atoms with Crippen LogP contribution in [0, 0.1) is 0 Å². The molecule has 2 N–H and O–H groups in total. The third-order valence-electron chi connectivity index (χ3n) is 2.97. The van der Waals surface area contributed by atoms with Crippen LogP contribution in [0.15, 0.2) is 6.20 Å². The summed E-state index contributed by atoms with van der Waals surface area (Å²) in [5.41, 5.74) is 0.830. The van der Waals surface area contributed by atoms with Crippen LogP contribution in [-0.4, -0.2) is 38.9 Å². The first-order valence-corrected chi connectivity index (χ1v) is 8.22. The van der Waals surface area contributed by atoms with Crippen molar-refractivity contribution in [2.24, 2.45) is 5.90 Å². The molecular formula is C11H24N4O2S. The van der Waals surface area contributed by atoms with Gasteiger partial charge in [-0.05, 0) is 12.5 Å². The molecule has 0 saturated carbocycles. The number of nitrogens with zero attached hydrogens (tertiary/aromatic N) is 3. The molecular weight excluding hydrogens is 252 g/mol. The summed E-state index contributed by atoms with van der Waals surface area (Å²) in [5.74, 6) is 4.96. The molecule has 0 spiro atoms. The van der Waals surface area contributed by atoms with Crippen LogP contribution in [0.2, 0.25) is 0 Å². The van der Waals surface area contributed by atoms with E-state index in [0.717, 1.165) is 5.69 Å².